The number of nitrogens with one attached hydrogen (secondary N) is 1. The van der Waals surface area contributed by atoms with Gasteiger partial charge in [0.15, 0.2) is 0 Å². The second-order valence-electron chi connectivity index (χ2n) is 7.82. The van der Waals surface area contributed by atoms with Crippen molar-refractivity contribution in [3.63, 3.8) is 0 Å². The van der Waals surface area contributed by atoms with Gasteiger partial charge in [-0.3, -0.25) is 0 Å². The van der Waals surface area contributed by atoms with E-state index in [1.54, 1.807) is 0 Å². The molecule has 2 nitrogen and oxygen atoms in total. The Balaban J connectivity index is 5.06. The summed E-state index contributed by atoms with van der Waals surface area (Å²) in [6, 6.07) is -0.0377. The third kappa shape index (κ3) is 7.35. The van der Waals surface area contributed by atoms with E-state index in [1.165, 1.54) is 0 Å². The van der Waals surface area contributed by atoms with Crippen molar-refractivity contribution >= 4 is 19.1 Å². The van der Waals surface area contributed by atoms with Crippen LogP contribution in [0.5, 0.6) is 0 Å². The van der Waals surface area contributed by atoms with E-state index in [9.17, 15) is 4.21 Å². The Morgan fingerprint density at radius 3 is 1.78 bits per heavy atom. The van der Waals surface area contributed by atoms with Gasteiger partial charge in [0.05, 0.1) is 21.8 Å². The molecule has 0 aliphatic carbocycles. The lowest BCUT2D eigenvalue weighted by Crippen LogP contribution is -2.45. The van der Waals surface area contributed by atoms with Crippen LogP contribution in [0, 0.1) is 16.9 Å². The van der Waals surface area contributed by atoms with Crippen molar-refractivity contribution < 1.29 is 4.21 Å². The average molecular weight is 288 g/mol. The van der Waals surface area contributed by atoms with Crippen LogP contribution in [0.4, 0.5) is 0 Å². The Bertz CT molecular complexity index is 360. The SMILES string of the molecule is CC(C)(C)[C@H](C#C[Si](C)(C)C)N[S@](=O)C(C)(C)C. The normalized spacial score (nSPS) is 16.7. The summed E-state index contributed by atoms with van der Waals surface area (Å²) in [5.41, 5.74) is 3.36. The van der Waals surface area contributed by atoms with Crippen LogP contribution in [0.3, 0.4) is 0 Å². The molecule has 0 unspecified atom stereocenters. The Morgan fingerprint density at radius 2 is 1.50 bits per heavy atom. The van der Waals surface area contributed by atoms with Gasteiger partial charge in [0.25, 0.3) is 0 Å². The third-order valence-electron chi connectivity index (χ3n) is 2.24. The summed E-state index contributed by atoms with van der Waals surface area (Å²) in [5.74, 6) is 3.31. The molecule has 0 aromatic carbocycles. The first-order chi connectivity index (χ1) is 7.73. The van der Waals surface area contributed by atoms with Crippen molar-refractivity contribution in [2.45, 2.75) is 72.0 Å². The summed E-state index contributed by atoms with van der Waals surface area (Å²) in [4.78, 5) is 0. The van der Waals surface area contributed by atoms with Crippen molar-refractivity contribution in [1.29, 1.82) is 0 Å². The van der Waals surface area contributed by atoms with Gasteiger partial charge >= 0.3 is 0 Å². The van der Waals surface area contributed by atoms with E-state index in [4.69, 9.17) is 0 Å². The predicted octanol–water partition coefficient (Wildman–Crippen LogP) is 3.33. The molecule has 0 heterocycles. The molecule has 18 heavy (non-hydrogen) atoms. The number of hydrogen-bond acceptors (Lipinski definition) is 1. The summed E-state index contributed by atoms with van der Waals surface area (Å²) in [5, 5.41) is 0. The molecule has 4 heteroatoms. The molecule has 0 rings (SSSR count). The highest BCUT2D eigenvalue weighted by molar-refractivity contribution is 7.84. The predicted molar refractivity (Wildman–Crippen MR) is 85.4 cm³/mol. The summed E-state index contributed by atoms with van der Waals surface area (Å²) in [7, 11) is -2.47. The maximum Gasteiger partial charge on any atom is 0.129 e. The van der Waals surface area contributed by atoms with Crippen LogP contribution in [0.1, 0.15) is 41.5 Å². The van der Waals surface area contributed by atoms with Gasteiger partial charge in [-0.25, -0.2) is 8.93 Å². The second kappa shape index (κ2) is 5.90. The van der Waals surface area contributed by atoms with Gasteiger partial charge in [-0.2, -0.15) is 0 Å². The zero-order valence-electron chi connectivity index (χ0n) is 13.4. The molecule has 0 bridgehead atoms. The van der Waals surface area contributed by atoms with E-state index in [0.29, 0.717) is 0 Å². The minimum Gasteiger partial charge on any atom is -0.242 e. The fourth-order valence-electron chi connectivity index (χ4n) is 0.995. The molecule has 0 spiro atoms. The van der Waals surface area contributed by atoms with E-state index in [2.05, 4.69) is 56.6 Å². The van der Waals surface area contributed by atoms with Crippen molar-refractivity contribution in [2.75, 3.05) is 0 Å². The lowest BCUT2D eigenvalue weighted by atomic mass is 9.88. The van der Waals surface area contributed by atoms with Gasteiger partial charge in [0.1, 0.15) is 8.07 Å². The first-order valence-electron chi connectivity index (χ1n) is 6.44. The standard InChI is InChI=1S/C14H29NOSSi/c1-13(2,3)12(10-11-18(7,8)9)15-17(16)14(4,5)6/h12,15H,1-9H3/t12-,17+/m0/s1. The first-order valence-corrected chi connectivity index (χ1v) is 11.1. The number of hydrogen-bond donors (Lipinski definition) is 1. The monoisotopic (exact) mass is 287 g/mol. The van der Waals surface area contributed by atoms with E-state index < -0.39 is 19.1 Å². The lowest BCUT2D eigenvalue weighted by Gasteiger charge is -2.30. The van der Waals surface area contributed by atoms with Crippen molar-refractivity contribution in [3.8, 4) is 11.5 Å². The maximum absolute atomic E-state index is 12.2. The van der Waals surface area contributed by atoms with Gasteiger partial charge in [-0.1, -0.05) is 46.3 Å². The summed E-state index contributed by atoms with van der Waals surface area (Å²) in [6.07, 6.45) is 0. The second-order valence-corrected chi connectivity index (χ2v) is 14.6. The van der Waals surface area contributed by atoms with E-state index in [0.717, 1.165) is 0 Å². The van der Waals surface area contributed by atoms with Gasteiger partial charge in [0.2, 0.25) is 0 Å². The molecule has 0 aliphatic rings. The highest BCUT2D eigenvalue weighted by atomic mass is 32.2. The van der Waals surface area contributed by atoms with Crippen LogP contribution in [0.15, 0.2) is 0 Å². The smallest absolute Gasteiger partial charge is 0.129 e. The highest BCUT2D eigenvalue weighted by Gasteiger charge is 2.29. The molecule has 106 valence electrons. The molecule has 0 saturated carbocycles. The van der Waals surface area contributed by atoms with Gasteiger partial charge in [-0.15, -0.1) is 5.54 Å². The zero-order valence-corrected chi connectivity index (χ0v) is 15.2. The Hall–Kier alpha value is -0.113. The molecular weight excluding hydrogens is 258 g/mol. The molecule has 0 saturated heterocycles. The van der Waals surface area contributed by atoms with Gasteiger partial charge in [-0.05, 0) is 26.2 Å². The van der Waals surface area contributed by atoms with Gasteiger partial charge in [0, 0.05) is 0 Å². The number of rotatable bonds is 2. The highest BCUT2D eigenvalue weighted by Crippen LogP contribution is 2.21. The summed E-state index contributed by atoms with van der Waals surface area (Å²) >= 11 is 0. The summed E-state index contributed by atoms with van der Waals surface area (Å²) in [6.45, 7) is 19.0. The fourth-order valence-corrected chi connectivity index (χ4v) is 2.55. The molecule has 0 aromatic heterocycles. The Morgan fingerprint density at radius 1 is 1.06 bits per heavy atom. The topological polar surface area (TPSA) is 29.1 Å². The summed E-state index contributed by atoms with van der Waals surface area (Å²) < 4.78 is 15.1. The van der Waals surface area contributed by atoms with Crippen molar-refractivity contribution in [3.05, 3.63) is 0 Å². The fraction of sp³-hybridized carbons (Fsp3) is 0.857. The zero-order chi connectivity index (χ0) is 14.8. The van der Waals surface area contributed by atoms with Gasteiger partial charge < -0.3 is 0 Å². The van der Waals surface area contributed by atoms with E-state index >= 15 is 0 Å². The molecule has 0 fully saturated rings. The Labute approximate surface area is 117 Å². The molecule has 0 radical (unpaired) electrons. The van der Waals surface area contributed by atoms with Crippen LogP contribution in [-0.2, 0) is 11.0 Å². The molecular formula is C14H29NOSSi. The van der Waals surface area contributed by atoms with Crippen molar-refractivity contribution in [2.24, 2.45) is 5.41 Å². The first kappa shape index (κ1) is 17.9. The molecule has 2 atom stereocenters. The van der Waals surface area contributed by atoms with E-state index in [-0.39, 0.29) is 16.2 Å². The van der Waals surface area contributed by atoms with E-state index in [1.807, 2.05) is 20.8 Å². The lowest BCUT2D eigenvalue weighted by molar-refractivity contribution is 0.355. The van der Waals surface area contributed by atoms with Crippen LogP contribution < -0.4 is 4.72 Å². The van der Waals surface area contributed by atoms with Crippen molar-refractivity contribution in [1.82, 2.24) is 4.72 Å². The minimum atomic E-state index is -1.40. The quantitative estimate of drug-likeness (QED) is 0.612. The van der Waals surface area contributed by atoms with Crippen LogP contribution in [0.25, 0.3) is 0 Å². The average Bonchev–Trinajstić information content (AvgIpc) is 2.06. The van der Waals surface area contributed by atoms with Crippen LogP contribution >= 0.6 is 0 Å². The molecule has 0 amide bonds. The molecule has 0 aromatic rings. The van der Waals surface area contributed by atoms with Crippen LogP contribution in [0.2, 0.25) is 19.6 Å². The Kier molecular flexibility index (Phi) is 5.86. The third-order valence-corrected chi connectivity index (χ3v) is 4.70. The maximum atomic E-state index is 12.2. The minimum absolute atomic E-state index is 0.0203. The largest absolute Gasteiger partial charge is 0.242 e. The molecule has 0 aliphatic heterocycles. The molecule has 1 N–H and O–H groups in total. The van der Waals surface area contributed by atoms with Crippen LogP contribution in [-0.4, -0.2) is 23.1 Å².